The molecule has 3 heteroatoms. The molecule has 0 atom stereocenters. The molecule has 0 radical (unpaired) electrons. The molecule has 3 nitrogen and oxygen atoms in total. The highest BCUT2D eigenvalue weighted by Gasteiger charge is 2.22. The second kappa shape index (κ2) is 5.44. The van der Waals surface area contributed by atoms with E-state index in [1.54, 1.807) is 0 Å². The van der Waals surface area contributed by atoms with Crippen molar-refractivity contribution in [2.45, 2.75) is 6.92 Å². The van der Waals surface area contributed by atoms with Crippen molar-refractivity contribution in [3.63, 3.8) is 0 Å². The number of para-hydroxylation sites is 1. The number of oxazole rings is 1. The van der Waals surface area contributed by atoms with Crippen LogP contribution < -0.4 is 9.47 Å². The molecule has 106 valence electrons. The molecule has 0 unspecified atom stereocenters. The Morgan fingerprint density at radius 1 is 0.905 bits per heavy atom. The van der Waals surface area contributed by atoms with Gasteiger partial charge < -0.3 is 4.42 Å². The minimum absolute atomic E-state index is 0.803. The Morgan fingerprint density at radius 3 is 2.19 bits per heavy atom. The number of anilines is 1. The lowest BCUT2D eigenvalue weighted by Crippen LogP contribution is -2.34. The maximum atomic E-state index is 6.05. The predicted octanol–water partition coefficient (Wildman–Crippen LogP) is 3.60. The summed E-state index contributed by atoms with van der Waals surface area (Å²) in [7, 11) is 3.97. The largest absolute Gasteiger partial charge is 0.461 e. The predicted molar refractivity (Wildman–Crippen MR) is 84.7 cm³/mol. The molecule has 0 saturated heterocycles. The van der Waals surface area contributed by atoms with E-state index in [1.165, 1.54) is 5.56 Å². The van der Waals surface area contributed by atoms with E-state index in [9.17, 15) is 0 Å². The Kier molecular flexibility index (Phi) is 3.48. The average molecular weight is 279 g/mol. The summed E-state index contributed by atoms with van der Waals surface area (Å²) in [5, 5.41) is 0. The lowest BCUT2D eigenvalue weighted by Gasteiger charge is -2.02. The van der Waals surface area contributed by atoms with Crippen LogP contribution in [0.25, 0.3) is 17.0 Å². The van der Waals surface area contributed by atoms with Gasteiger partial charge in [-0.15, -0.1) is 0 Å². The van der Waals surface area contributed by atoms with Crippen molar-refractivity contribution in [2.24, 2.45) is 0 Å². The molecule has 1 heterocycles. The molecule has 0 aliphatic heterocycles. The van der Waals surface area contributed by atoms with E-state index >= 15 is 0 Å². The number of aromatic nitrogens is 1. The Morgan fingerprint density at radius 2 is 1.57 bits per heavy atom. The van der Waals surface area contributed by atoms with Gasteiger partial charge in [-0.05, 0) is 19.1 Å². The van der Waals surface area contributed by atoms with Crippen LogP contribution in [-0.4, -0.2) is 14.1 Å². The molecule has 0 amide bonds. The van der Waals surface area contributed by atoms with Crippen LogP contribution in [0.5, 0.6) is 0 Å². The summed E-state index contributed by atoms with van der Waals surface area (Å²) < 4.78 is 8.11. The maximum Gasteiger partial charge on any atom is 0.461 e. The second-order valence-corrected chi connectivity index (χ2v) is 5.34. The van der Waals surface area contributed by atoms with Crippen LogP contribution in [-0.2, 0) is 0 Å². The molecule has 0 aliphatic rings. The summed E-state index contributed by atoms with van der Waals surface area (Å²) >= 11 is 0. The van der Waals surface area contributed by atoms with Crippen LogP contribution in [0, 0.1) is 6.92 Å². The third-order valence-corrected chi connectivity index (χ3v) is 3.41. The first kappa shape index (κ1) is 13.4. The van der Waals surface area contributed by atoms with E-state index < -0.39 is 0 Å². The van der Waals surface area contributed by atoms with Crippen LogP contribution >= 0.6 is 0 Å². The third kappa shape index (κ3) is 2.68. The highest BCUT2D eigenvalue weighted by molar-refractivity contribution is 5.57. The lowest BCUT2D eigenvalue weighted by atomic mass is 10.1. The fourth-order valence-corrected chi connectivity index (χ4v) is 2.28. The van der Waals surface area contributed by atoms with Crippen molar-refractivity contribution in [1.82, 2.24) is 0 Å². The van der Waals surface area contributed by atoms with Crippen molar-refractivity contribution < 1.29 is 8.98 Å². The molecule has 0 N–H and O–H groups in total. The van der Waals surface area contributed by atoms with Gasteiger partial charge in [0, 0.05) is 5.56 Å². The van der Waals surface area contributed by atoms with E-state index in [-0.39, 0.29) is 0 Å². The van der Waals surface area contributed by atoms with Crippen molar-refractivity contribution >= 4 is 6.01 Å². The number of rotatable bonds is 3. The van der Waals surface area contributed by atoms with Gasteiger partial charge in [-0.2, -0.15) is 4.57 Å². The zero-order chi connectivity index (χ0) is 14.8. The minimum Gasteiger partial charge on any atom is -0.387 e. The van der Waals surface area contributed by atoms with Crippen molar-refractivity contribution in [3.8, 4) is 17.0 Å². The minimum atomic E-state index is 0.803. The van der Waals surface area contributed by atoms with E-state index in [4.69, 9.17) is 4.42 Å². The highest BCUT2D eigenvalue weighted by Crippen LogP contribution is 2.24. The number of hydrogen-bond donors (Lipinski definition) is 0. The molecule has 3 rings (SSSR count). The molecule has 2 aromatic carbocycles. The fourth-order valence-electron chi connectivity index (χ4n) is 2.28. The highest BCUT2D eigenvalue weighted by atomic mass is 16.4. The van der Waals surface area contributed by atoms with Gasteiger partial charge in [-0.3, -0.25) is 0 Å². The van der Waals surface area contributed by atoms with Crippen LogP contribution in [0.2, 0.25) is 0 Å². The maximum absolute atomic E-state index is 6.05. The molecular weight excluding hydrogens is 260 g/mol. The second-order valence-electron chi connectivity index (χ2n) is 5.34. The number of aryl methyl sites for hydroxylation is 1. The summed E-state index contributed by atoms with van der Waals surface area (Å²) in [6, 6.07) is 19.4. The number of hydrogen-bond acceptors (Lipinski definition) is 2. The van der Waals surface area contributed by atoms with Crippen LogP contribution in [0.15, 0.2) is 65.2 Å². The van der Waals surface area contributed by atoms with E-state index in [0.29, 0.717) is 0 Å². The SMILES string of the molecule is Cc1ccc(-c2c[n+](-c3ccccc3)c(N(C)C)o2)cc1. The van der Waals surface area contributed by atoms with Crippen molar-refractivity contribution in [2.75, 3.05) is 19.0 Å². The first-order chi connectivity index (χ1) is 10.1. The smallest absolute Gasteiger partial charge is 0.387 e. The first-order valence-electron chi connectivity index (χ1n) is 7.00. The van der Waals surface area contributed by atoms with Crippen molar-refractivity contribution in [3.05, 3.63) is 66.4 Å². The van der Waals surface area contributed by atoms with Crippen LogP contribution in [0.1, 0.15) is 5.56 Å². The number of benzene rings is 2. The van der Waals surface area contributed by atoms with Gasteiger partial charge in [0.2, 0.25) is 0 Å². The summed E-state index contributed by atoms with van der Waals surface area (Å²) in [5.74, 6) is 0.863. The third-order valence-electron chi connectivity index (χ3n) is 3.41. The van der Waals surface area contributed by atoms with Gasteiger partial charge in [-0.1, -0.05) is 48.0 Å². The summed E-state index contributed by atoms with van der Waals surface area (Å²) in [5.41, 5.74) is 3.41. The van der Waals surface area contributed by atoms with Crippen molar-refractivity contribution in [1.29, 1.82) is 0 Å². The quantitative estimate of drug-likeness (QED) is 0.683. The molecule has 0 spiro atoms. The van der Waals surface area contributed by atoms with Gasteiger partial charge in [0.05, 0.1) is 14.1 Å². The lowest BCUT2D eigenvalue weighted by molar-refractivity contribution is -0.584. The Labute approximate surface area is 125 Å². The molecule has 0 saturated carbocycles. The standard InChI is InChI=1S/C18H19N2O/c1-14-9-11-15(12-10-14)17-13-20(18(21-17)19(2)3)16-7-5-4-6-8-16/h4-13H,1-3H3/q+1. The van der Waals surface area contributed by atoms with E-state index in [2.05, 4.69) is 47.9 Å². The van der Waals surface area contributed by atoms with Gasteiger partial charge in [-0.25, -0.2) is 4.90 Å². The van der Waals surface area contributed by atoms with Gasteiger partial charge in [0.15, 0.2) is 5.76 Å². The summed E-state index contributed by atoms with van der Waals surface area (Å²) in [4.78, 5) is 1.98. The topological polar surface area (TPSA) is 20.3 Å². The molecule has 0 bridgehead atoms. The number of nitrogens with zero attached hydrogens (tertiary/aromatic N) is 2. The van der Waals surface area contributed by atoms with E-state index in [0.717, 1.165) is 23.0 Å². The zero-order valence-electron chi connectivity index (χ0n) is 12.6. The molecule has 21 heavy (non-hydrogen) atoms. The van der Waals surface area contributed by atoms with Crippen LogP contribution in [0.3, 0.4) is 0 Å². The molecule has 0 aliphatic carbocycles. The van der Waals surface area contributed by atoms with Gasteiger partial charge in [0.25, 0.3) is 0 Å². The van der Waals surface area contributed by atoms with Gasteiger partial charge >= 0.3 is 6.01 Å². The molecule has 0 fully saturated rings. The molecule has 3 aromatic rings. The monoisotopic (exact) mass is 279 g/mol. The van der Waals surface area contributed by atoms with E-state index in [1.807, 2.05) is 43.4 Å². The Balaban J connectivity index is 2.11. The normalized spacial score (nSPS) is 10.6. The Bertz CT molecular complexity index is 728. The summed E-state index contributed by atoms with van der Waals surface area (Å²) in [6.45, 7) is 2.08. The van der Waals surface area contributed by atoms with Gasteiger partial charge in [0.1, 0.15) is 11.9 Å². The molecule has 1 aromatic heterocycles. The summed E-state index contributed by atoms with van der Waals surface area (Å²) in [6.07, 6.45) is 2.04. The fraction of sp³-hybridized carbons (Fsp3) is 0.167. The zero-order valence-corrected chi connectivity index (χ0v) is 12.6. The Hall–Kier alpha value is -2.55. The first-order valence-corrected chi connectivity index (χ1v) is 7.00. The average Bonchev–Trinajstić information content (AvgIpc) is 2.94. The molecular formula is C18H19N2O+. The van der Waals surface area contributed by atoms with Crippen LogP contribution in [0.4, 0.5) is 6.01 Å².